The van der Waals surface area contributed by atoms with Crippen molar-refractivity contribution in [3.8, 4) is 5.75 Å². The molecule has 0 aliphatic heterocycles. The number of aryl methyl sites for hydroxylation is 1. The molecule has 0 atom stereocenters. The first-order valence-electron chi connectivity index (χ1n) is 6.93. The number of anilines is 1. The fourth-order valence-electron chi connectivity index (χ4n) is 1.89. The van der Waals surface area contributed by atoms with E-state index in [0.29, 0.717) is 11.3 Å². The summed E-state index contributed by atoms with van der Waals surface area (Å²) in [7, 11) is 0. The number of nitrogens with one attached hydrogen (secondary N) is 1. The number of amides is 1. The number of halogens is 1. The van der Waals surface area contributed by atoms with Crippen molar-refractivity contribution in [2.45, 2.75) is 13.3 Å². The molecule has 1 amide bonds. The van der Waals surface area contributed by atoms with E-state index in [1.165, 1.54) is 12.1 Å². The van der Waals surface area contributed by atoms with Crippen molar-refractivity contribution >= 4 is 33.5 Å². The van der Waals surface area contributed by atoms with Gasteiger partial charge < -0.3 is 15.2 Å². The Labute approximate surface area is 142 Å². The molecule has 0 aromatic heterocycles. The minimum atomic E-state index is -0.506. The number of esters is 1. The highest BCUT2D eigenvalue weighted by atomic mass is 79.9. The van der Waals surface area contributed by atoms with Gasteiger partial charge in [-0.2, -0.15) is 0 Å². The van der Waals surface area contributed by atoms with E-state index >= 15 is 0 Å². The smallest absolute Gasteiger partial charge is 0.310 e. The monoisotopic (exact) mass is 377 g/mol. The average molecular weight is 378 g/mol. The van der Waals surface area contributed by atoms with Crippen LogP contribution in [0.4, 0.5) is 5.69 Å². The minimum absolute atomic E-state index is 0.0434. The molecule has 0 aliphatic rings. The summed E-state index contributed by atoms with van der Waals surface area (Å²) in [4.78, 5) is 23.5. The summed E-state index contributed by atoms with van der Waals surface area (Å²) in [5, 5.41) is 11.8. The van der Waals surface area contributed by atoms with Gasteiger partial charge in [-0.1, -0.05) is 18.2 Å². The third kappa shape index (κ3) is 5.41. The zero-order valence-corrected chi connectivity index (χ0v) is 14.1. The largest absolute Gasteiger partial charge is 0.508 e. The Hall–Kier alpha value is -2.34. The van der Waals surface area contributed by atoms with Crippen LogP contribution in [0.25, 0.3) is 0 Å². The molecule has 2 aromatic rings. The van der Waals surface area contributed by atoms with Crippen LogP contribution in [-0.2, 0) is 20.7 Å². The molecule has 0 saturated carbocycles. The zero-order valence-electron chi connectivity index (χ0n) is 12.5. The minimum Gasteiger partial charge on any atom is -0.508 e. The van der Waals surface area contributed by atoms with E-state index in [9.17, 15) is 14.7 Å². The van der Waals surface area contributed by atoms with Crippen LogP contribution in [0.2, 0.25) is 0 Å². The molecule has 0 bridgehead atoms. The molecule has 0 aliphatic carbocycles. The number of benzene rings is 2. The highest BCUT2D eigenvalue weighted by Gasteiger charge is 2.10. The summed E-state index contributed by atoms with van der Waals surface area (Å²) >= 11 is 3.36. The maximum Gasteiger partial charge on any atom is 0.310 e. The number of phenolic OH excluding ortho intramolecular Hbond substituents is 1. The van der Waals surface area contributed by atoms with Crippen LogP contribution in [0.1, 0.15) is 11.1 Å². The summed E-state index contributed by atoms with van der Waals surface area (Å²) in [5.41, 5.74) is 2.39. The van der Waals surface area contributed by atoms with E-state index in [4.69, 9.17) is 4.74 Å². The molecule has 0 spiro atoms. The van der Waals surface area contributed by atoms with Gasteiger partial charge in [0.2, 0.25) is 0 Å². The van der Waals surface area contributed by atoms with Gasteiger partial charge in [0.1, 0.15) is 5.75 Å². The third-order valence-electron chi connectivity index (χ3n) is 3.05. The number of hydrogen-bond acceptors (Lipinski definition) is 4. The lowest BCUT2D eigenvalue weighted by molar-refractivity contribution is -0.146. The first-order valence-corrected chi connectivity index (χ1v) is 7.73. The van der Waals surface area contributed by atoms with Crippen molar-refractivity contribution in [3.63, 3.8) is 0 Å². The highest BCUT2D eigenvalue weighted by Crippen LogP contribution is 2.23. The Bertz CT molecular complexity index is 713. The topological polar surface area (TPSA) is 75.6 Å². The van der Waals surface area contributed by atoms with Gasteiger partial charge in [-0.05, 0) is 58.2 Å². The predicted molar refractivity (Wildman–Crippen MR) is 90.3 cm³/mol. The number of carbonyl (C=O) groups excluding carboxylic acids is 2. The van der Waals surface area contributed by atoms with Crippen LogP contribution in [0.5, 0.6) is 5.75 Å². The van der Waals surface area contributed by atoms with Gasteiger partial charge in [-0.25, -0.2) is 0 Å². The molecule has 0 unspecified atom stereocenters. The van der Waals surface area contributed by atoms with Gasteiger partial charge in [0.15, 0.2) is 6.61 Å². The molecule has 2 rings (SSSR count). The van der Waals surface area contributed by atoms with E-state index < -0.39 is 11.9 Å². The zero-order chi connectivity index (χ0) is 16.8. The Morgan fingerprint density at radius 1 is 1.17 bits per heavy atom. The van der Waals surface area contributed by atoms with Crippen molar-refractivity contribution < 1.29 is 19.4 Å². The molecule has 5 nitrogen and oxygen atoms in total. The fraction of sp³-hybridized carbons (Fsp3) is 0.176. The van der Waals surface area contributed by atoms with E-state index in [1.807, 2.05) is 19.1 Å². The second-order valence-electron chi connectivity index (χ2n) is 5.04. The molecule has 120 valence electrons. The van der Waals surface area contributed by atoms with E-state index in [1.54, 1.807) is 18.2 Å². The van der Waals surface area contributed by atoms with E-state index in [2.05, 4.69) is 21.2 Å². The molecule has 0 fully saturated rings. The van der Waals surface area contributed by atoms with Crippen LogP contribution < -0.4 is 5.32 Å². The van der Waals surface area contributed by atoms with Crippen molar-refractivity contribution in [2.24, 2.45) is 0 Å². The first kappa shape index (κ1) is 17.0. The molecule has 2 aromatic carbocycles. The molecule has 0 saturated heterocycles. The molecule has 6 heteroatoms. The van der Waals surface area contributed by atoms with Crippen LogP contribution in [-0.4, -0.2) is 23.6 Å². The molecule has 23 heavy (non-hydrogen) atoms. The average Bonchev–Trinajstić information content (AvgIpc) is 2.50. The highest BCUT2D eigenvalue weighted by molar-refractivity contribution is 9.10. The number of carbonyl (C=O) groups is 2. The number of rotatable bonds is 5. The quantitative estimate of drug-likeness (QED) is 0.784. The van der Waals surface area contributed by atoms with Crippen LogP contribution >= 0.6 is 15.9 Å². The van der Waals surface area contributed by atoms with Gasteiger partial charge in [-0.3, -0.25) is 9.59 Å². The van der Waals surface area contributed by atoms with Crippen molar-refractivity contribution in [1.29, 1.82) is 0 Å². The molecule has 0 radical (unpaired) electrons. The summed E-state index contributed by atoms with van der Waals surface area (Å²) in [6.07, 6.45) is 0.0434. The second-order valence-corrected chi connectivity index (χ2v) is 5.89. The maximum atomic E-state index is 11.8. The lowest BCUT2D eigenvalue weighted by Gasteiger charge is -2.09. The Balaban J connectivity index is 1.81. The van der Waals surface area contributed by atoms with Crippen molar-refractivity contribution in [2.75, 3.05) is 11.9 Å². The van der Waals surface area contributed by atoms with Crippen LogP contribution in [0.15, 0.2) is 46.9 Å². The van der Waals surface area contributed by atoms with Crippen molar-refractivity contribution in [3.05, 3.63) is 58.1 Å². The lowest BCUT2D eigenvalue weighted by Crippen LogP contribution is -2.21. The Morgan fingerprint density at radius 2 is 1.87 bits per heavy atom. The summed E-state index contributed by atoms with van der Waals surface area (Å²) < 4.78 is 5.71. The standard InChI is InChI=1S/C17H16BrNO4/c1-11-2-7-15(14(18)8-11)19-16(21)10-23-17(22)9-12-3-5-13(20)6-4-12/h2-8,20H,9-10H2,1H3,(H,19,21). The number of phenols is 1. The summed E-state index contributed by atoms with van der Waals surface area (Å²) in [6, 6.07) is 11.8. The first-order chi connectivity index (χ1) is 10.9. The van der Waals surface area contributed by atoms with Crippen LogP contribution in [0, 0.1) is 6.92 Å². The van der Waals surface area contributed by atoms with Crippen molar-refractivity contribution in [1.82, 2.24) is 0 Å². The summed E-state index contributed by atoms with van der Waals surface area (Å²) in [5.74, 6) is -0.785. The van der Waals surface area contributed by atoms with Gasteiger partial charge in [0, 0.05) is 4.47 Å². The fourth-order valence-corrected chi connectivity index (χ4v) is 2.48. The van der Waals surface area contributed by atoms with E-state index in [0.717, 1.165) is 10.0 Å². The maximum absolute atomic E-state index is 11.8. The normalized spacial score (nSPS) is 10.2. The van der Waals surface area contributed by atoms with Gasteiger partial charge in [0.05, 0.1) is 12.1 Å². The Morgan fingerprint density at radius 3 is 2.52 bits per heavy atom. The predicted octanol–water partition coefficient (Wildman–Crippen LogP) is 3.19. The molecule has 2 N–H and O–H groups in total. The van der Waals surface area contributed by atoms with E-state index in [-0.39, 0.29) is 18.8 Å². The third-order valence-corrected chi connectivity index (χ3v) is 3.70. The van der Waals surface area contributed by atoms with Gasteiger partial charge in [-0.15, -0.1) is 0 Å². The number of ether oxygens (including phenoxy) is 1. The second kappa shape index (κ2) is 7.78. The number of hydrogen-bond donors (Lipinski definition) is 2. The summed E-state index contributed by atoms with van der Waals surface area (Å²) in [6.45, 7) is 1.60. The SMILES string of the molecule is Cc1ccc(NC(=O)COC(=O)Cc2ccc(O)cc2)c(Br)c1. The van der Waals surface area contributed by atoms with Gasteiger partial charge in [0.25, 0.3) is 5.91 Å². The van der Waals surface area contributed by atoms with Crippen LogP contribution in [0.3, 0.4) is 0 Å². The molecular weight excluding hydrogens is 362 g/mol. The molecular formula is C17H16BrNO4. The van der Waals surface area contributed by atoms with Gasteiger partial charge >= 0.3 is 5.97 Å². The lowest BCUT2D eigenvalue weighted by atomic mass is 10.1. The Kier molecular flexibility index (Phi) is 5.76. The molecule has 0 heterocycles. The number of aromatic hydroxyl groups is 1.